The van der Waals surface area contributed by atoms with Gasteiger partial charge >= 0.3 is 5.97 Å². The molecule has 0 bridgehead atoms. The average Bonchev–Trinajstić information content (AvgIpc) is 3.46. The number of esters is 1. The van der Waals surface area contributed by atoms with Gasteiger partial charge in [-0.15, -0.1) is 11.3 Å². The average molecular weight is 443 g/mol. The first-order valence-corrected chi connectivity index (χ1v) is 10.8. The van der Waals surface area contributed by atoms with Gasteiger partial charge in [0.05, 0.1) is 11.4 Å². The number of rotatable bonds is 5. The van der Waals surface area contributed by atoms with Gasteiger partial charge in [0.15, 0.2) is 4.96 Å². The topological polar surface area (TPSA) is 78.5 Å². The molecule has 0 saturated heterocycles. The van der Waals surface area contributed by atoms with Crippen molar-refractivity contribution in [2.75, 3.05) is 0 Å². The van der Waals surface area contributed by atoms with Crippen LogP contribution in [-0.4, -0.2) is 25.1 Å². The smallest absolute Gasteiger partial charge is 0.342 e. The zero-order valence-corrected chi connectivity index (χ0v) is 18.0. The van der Waals surface area contributed by atoms with Gasteiger partial charge in [0.1, 0.15) is 17.9 Å². The lowest BCUT2D eigenvalue weighted by Crippen LogP contribution is -2.14. The lowest BCUT2D eigenvalue weighted by atomic mass is 10.1. The minimum atomic E-state index is -0.532. The number of thiazole rings is 1. The maximum atomic E-state index is 13.0. The number of aryl methyl sites for hydroxylation is 1. The summed E-state index contributed by atoms with van der Waals surface area (Å²) in [6, 6.07) is 18.7. The Kier molecular flexibility index (Phi) is 5.12. The van der Waals surface area contributed by atoms with Crippen molar-refractivity contribution >= 4 is 22.3 Å². The number of benzene rings is 2. The van der Waals surface area contributed by atoms with Gasteiger partial charge in [-0.2, -0.15) is 5.10 Å². The summed E-state index contributed by atoms with van der Waals surface area (Å²) in [4.78, 5) is 30.1. The zero-order chi connectivity index (χ0) is 22.1. The standard InChI is InChI=1S/C24H18N4O3S/c1-16-7-9-19(10-8-16)28-14-20(22(26-28)17-5-3-2-4-6-17)23(30)31-15-18-13-21(29)27-11-12-32-24(27)25-18/h2-14H,15H2,1H3. The Hall–Kier alpha value is -4.04. The maximum absolute atomic E-state index is 13.0. The molecule has 0 amide bonds. The van der Waals surface area contributed by atoms with Crippen molar-refractivity contribution in [2.24, 2.45) is 0 Å². The Labute approximate surface area is 187 Å². The minimum absolute atomic E-state index is 0.105. The summed E-state index contributed by atoms with van der Waals surface area (Å²) >= 11 is 1.35. The molecular weight excluding hydrogens is 424 g/mol. The molecule has 8 heteroatoms. The van der Waals surface area contributed by atoms with E-state index in [4.69, 9.17) is 4.74 Å². The van der Waals surface area contributed by atoms with E-state index in [1.54, 1.807) is 22.5 Å². The van der Waals surface area contributed by atoms with Gasteiger partial charge in [-0.25, -0.2) is 14.5 Å². The summed E-state index contributed by atoms with van der Waals surface area (Å²) in [6.45, 7) is 1.91. The molecule has 158 valence electrons. The number of aromatic nitrogens is 4. The number of carbonyl (C=O) groups excluding carboxylic acids is 1. The molecule has 0 saturated carbocycles. The van der Waals surface area contributed by atoms with Crippen LogP contribution < -0.4 is 5.56 Å². The second-order valence-electron chi connectivity index (χ2n) is 7.25. The molecule has 2 aromatic carbocycles. The quantitative estimate of drug-likeness (QED) is 0.380. The molecule has 0 spiro atoms. The Morgan fingerprint density at radius 2 is 1.88 bits per heavy atom. The Morgan fingerprint density at radius 3 is 2.66 bits per heavy atom. The van der Waals surface area contributed by atoms with Gasteiger partial charge < -0.3 is 4.74 Å². The first-order chi connectivity index (χ1) is 15.6. The Bertz CT molecular complexity index is 1470. The highest BCUT2D eigenvalue weighted by Gasteiger charge is 2.20. The molecule has 0 aliphatic carbocycles. The van der Waals surface area contributed by atoms with E-state index in [2.05, 4.69) is 10.1 Å². The highest BCUT2D eigenvalue weighted by Crippen LogP contribution is 2.25. The van der Waals surface area contributed by atoms with Crippen molar-refractivity contribution < 1.29 is 9.53 Å². The van der Waals surface area contributed by atoms with Gasteiger partial charge in [0, 0.05) is 29.4 Å². The van der Waals surface area contributed by atoms with Gasteiger partial charge in [0.2, 0.25) is 0 Å². The molecule has 32 heavy (non-hydrogen) atoms. The van der Waals surface area contributed by atoms with E-state index >= 15 is 0 Å². The van der Waals surface area contributed by atoms with Gasteiger partial charge in [-0.1, -0.05) is 48.0 Å². The largest absolute Gasteiger partial charge is 0.455 e. The normalized spacial score (nSPS) is 11.0. The molecule has 0 radical (unpaired) electrons. The molecule has 5 aromatic rings. The van der Waals surface area contributed by atoms with E-state index in [1.807, 2.05) is 61.5 Å². The summed E-state index contributed by atoms with van der Waals surface area (Å²) in [6.07, 6.45) is 3.33. The van der Waals surface area contributed by atoms with Crippen LogP contribution in [0.2, 0.25) is 0 Å². The molecule has 0 fully saturated rings. The van der Waals surface area contributed by atoms with Crippen molar-refractivity contribution in [1.29, 1.82) is 0 Å². The van der Waals surface area contributed by atoms with E-state index in [-0.39, 0.29) is 12.2 Å². The van der Waals surface area contributed by atoms with Crippen LogP contribution in [0.5, 0.6) is 0 Å². The number of hydrogen-bond acceptors (Lipinski definition) is 6. The molecular formula is C24H18N4O3S. The minimum Gasteiger partial charge on any atom is -0.455 e. The van der Waals surface area contributed by atoms with Crippen LogP contribution >= 0.6 is 11.3 Å². The fraction of sp³-hybridized carbons (Fsp3) is 0.0833. The fourth-order valence-electron chi connectivity index (χ4n) is 3.34. The molecule has 0 unspecified atom stereocenters. The first kappa shape index (κ1) is 19.9. The van der Waals surface area contributed by atoms with E-state index in [0.717, 1.165) is 16.8 Å². The van der Waals surface area contributed by atoms with Gasteiger partial charge in [-0.05, 0) is 19.1 Å². The van der Waals surface area contributed by atoms with Crippen LogP contribution in [0.1, 0.15) is 21.6 Å². The maximum Gasteiger partial charge on any atom is 0.342 e. The summed E-state index contributed by atoms with van der Waals surface area (Å²) < 4.78 is 8.65. The summed E-state index contributed by atoms with van der Waals surface area (Å²) in [5.41, 5.74) is 3.84. The molecule has 0 atom stereocenters. The van der Waals surface area contributed by atoms with Crippen LogP contribution in [0, 0.1) is 6.92 Å². The number of hydrogen-bond donors (Lipinski definition) is 0. The predicted molar refractivity (Wildman–Crippen MR) is 122 cm³/mol. The van der Waals surface area contributed by atoms with Crippen molar-refractivity contribution in [3.8, 4) is 16.9 Å². The second-order valence-corrected chi connectivity index (χ2v) is 8.13. The third-order valence-electron chi connectivity index (χ3n) is 4.99. The number of ether oxygens (including phenoxy) is 1. The molecule has 3 heterocycles. The van der Waals surface area contributed by atoms with E-state index in [9.17, 15) is 9.59 Å². The van der Waals surface area contributed by atoms with Crippen LogP contribution in [-0.2, 0) is 11.3 Å². The Morgan fingerprint density at radius 1 is 1.09 bits per heavy atom. The third kappa shape index (κ3) is 3.83. The monoisotopic (exact) mass is 442 g/mol. The zero-order valence-electron chi connectivity index (χ0n) is 17.1. The SMILES string of the molecule is Cc1ccc(-n2cc(C(=O)OCc3cc(=O)n4ccsc4n3)c(-c3ccccc3)n2)cc1. The van der Waals surface area contributed by atoms with E-state index in [0.29, 0.717) is 21.9 Å². The van der Waals surface area contributed by atoms with E-state index in [1.165, 1.54) is 21.8 Å². The Balaban J connectivity index is 1.47. The highest BCUT2D eigenvalue weighted by atomic mass is 32.1. The highest BCUT2D eigenvalue weighted by molar-refractivity contribution is 7.15. The number of nitrogens with zero attached hydrogens (tertiary/aromatic N) is 4. The second kappa shape index (κ2) is 8.24. The predicted octanol–water partition coefficient (Wildman–Crippen LogP) is 4.27. The summed E-state index contributed by atoms with van der Waals surface area (Å²) in [5, 5.41) is 6.44. The van der Waals surface area contributed by atoms with Crippen molar-refractivity contribution in [3.63, 3.8) is 0 Å². The van der Waals surface area contributed by atoms with Crippen LogP contribution in [0.25, 0.3) is 21.9 Å². The van der Waals surface area contributed by atoms with Gasteiger partial charge in [-0.3, -0.25) is 9.20 Å². The summed E-state index contributed by atoms with van der Waals surface area (Å²) in [5.74, 6) is -0.532. The first-order valence-electron chi connectivity index (χ1n) is 9.93. The molecule has 3 aromatic heterocycles. The molecule has 0 N–H and O–H groups in total. The van der Waals surface area contributed by atoms with Crippen LogP contribution in [0.4, 0.5) is 0 Å². The molecule has 0 aliphatic rings. The van der Waals surface area contributed by atoms with Crippen LogP contribution in [0.15, 0.2) is 83.2 Å². The third-order valence-corrected chi connectivity index (χ3v) is 5.74. The lowest BCUT2D eigenvalue weighted by molar-refractivity contribution is 0.0468. The number of fused-ring (bicyclic) bond motifs is 1. The van der Waals surface area contributed by atoms with Gasteiger partial charge in [0.25, 0.3) is 5.56 Å². The van der Waals surface area contributed by atoms with E-state index < -0.39 is 5.97 Å². The number of carbonyl (C=O) groups is 1. The van der Waals surface area contributed by atoms with Crippen molar-refractivity contribution in [3.05, 3.63) is 106 Å². The van der Waals surface area contributed by atoms with Crippen molar-refractivity contribution in [1.82, 2.24) is 19.2 Å². The molecule has 7 nitrogen and oxygen atoms in total. The lowest BCUT2D eigenvalue weighted by Gasteiger charge is -2.05. The van der Waals surface area contributed by atoms with Crippen molar-refractivity contribution in [2.45, 2.75) is 13.5 Å². The van der Waals surface area contributed by atoms with Crippen LogP contribution in [0.3, 0.4) is 0 Å². The fourth-order valence-corrected chi connectivity index (χ4v) is 4.08. The summed E-state index contributed by atoms with van der Waals surface area (Å²) in [7, 11) is 0. The molecule has 5 rings (SSSR count). The molecule has 0 aliphatic heterocycles.